The molecule has 2 aliphatic heterocycles. The summed E-state index contributed by atoms with van der Waals surface area (Å²) in [6.45, 7) is 8.55. The van der Waals surface area contributed by atoms with Crippen molar-refractivity contribution in [1.82, 2.24) is 0 Å². The summed E-state index contributed by atoms with van der Waals surface area (Å²) in [4.78, 5) is 0. The Morgan fingerprint density at radius 3 is 2.50 bits per heavy atom. The molecular formula is C21H32O7. The molecule has 158 valence electrons. The van der Waals surface area contributed by atoms with Crippen LogP contribution in [0.2, 0.25) is 0 Å². The lowest BCUT2D eigenvalue weighted by atomic mass is 10.1. The van der Waals surface area contributed by atoms with E-state index in [4.69, 9.17) is 23.7 Å². The van der Waals surface area contributed by atoms with E-state index in [1.54, 1.807) is 13.8 Å². The molecule has 2 fully saturated rings. The minimum absolute atomic E-state index is 0.321. The molecule has 0 bridgehead atoms. The summed E-state index contributed by atoms with van der Waals surface area (Å²) in [7, 11) is 0. The zero-order valence-corrected chi connectivity index (χ0v) is 17.0. The fourth-order valence-electron chi connectivity index (χ4n) is 3.39. The minimum atomic E-state index is -1.07. The maximum Gasteiger partial charge on any atom is 0.190 e. The maximum absolute atomic E-state index is 10.1. The summed E-state index contributed by atoms with van der Waals surface area (Å²) in [6, 6.07) is 7.74. The first kappa shape index (κ1) is 21.5. The smallest absolute Gasteiger partial charge is 0.190 e. The molecule has 2 aliphatic rings. The highest BCUT2D eigenvalue weighted by atomic mass is 16.8. The molecule has 1 aromatic rings. The fourth-order valence-corrected chi connectivity index (χ4v) is 3.39. The van der Waals surface area contributed by atoms with Crippen LogP contribution in [0.25, 0.3) is 0 Å². The van der Waals surface area contributed by atoms with Gasteiger partial charge in [-0.15, -0.1) is 0 Å². The van der Waals surface area contributed by atoms with Crippen LogP contribution in [0, 0.1) is 5.92 Å². The lowest BCUT2D eigenvalue weighted by Crippen LogP contribution is -2.44. The quantitative estimate of drug-likeness (QED) is 0.662. The van der Waals surface area contributed by atoms with Crippen molar-refractivity contribution in [3.63, 3.8) is 0 Å². The zero-order chi connectivity index (χ0) is 20.3. The Hall–Kier alpha value is -1.22. The number of fused-ring (bicyclic) bond motifs is 1. The van der Waals surface area contributed by atoms with Crippen molar-refractivity contribution in [2.24, 2.45) is 5.92 Å². The second-order valence-electron chi connectivity index (χ2n) is 8.27. The molecule has 0 spiro atoms. The highest BCUT2D eigenvalue weighted by molar-refractivity contribution is 5.26. The van der Waals surface area contributed by atoms with E-state index in [-0.39, 0.29) is 0 Å². The lowest BCUT2D eigenvalue weighted by Gasteiger charge is -2.28. The fraction of sp³-hybridized carbons (Fsp3) is 0.714. The highest BCUT2D eigenvalue weighted by Gasteiger charge is 2.56. The van der Waals surface area contributed by atoms with Crippen LogP contribution in [-0.2, 0) is 25.6 Å². The number of rotatable bonds is 9. The molecule has 0 radical (unpaired) electrons. The van der Waals surface area contributed by atoms with E-state index in [0.29, 0.717) is 19.1 Å². The molecule has 28 heavy (non-hydrogen) atoms. The van der Waals surface area contributed by atoms with Gasteiger partial charge in [0.2, 0.25) is 0 Å². The Kier molecular flexibility index (Phi) is 6.96. The molecule has 2 saturated heterocycles. The van der Waals surface area contributed by atoms with Gasteiger partial charge in [-0.05, 0) is 43.9 Å². The van der Waals surface area contributed by atoms with Gasteiger partial charge in [-0.25, -0.2) is 0 Å². The van der Waals surface area contributed by atoms with Crippen LogP contribution in [0.5, 0.6) is 5.75 Å². The lowest BCUT2D eigenvalue weighted by molar-refractivity contribution is -0.232. The van der Waals surface area contributed by atoms with Crippen molar-refractivity contribution in [1.29, 1.82) is 0 Å². The van der Waals surface area contributed by atoms with Crippen molar-refractivity contribution in [3.8, 4) is 5.75 Å². The van der Waals surface area contributed by atoms with Crippen LogP contribution in [0.4, 0.5) is 0 Å². The van der Waals surface area contributed by atoms with E-state index in [9.17, 15) is 10.2 Å². The third-order valence-electron chi connectivity index (χ3n) is 4.92. The Morgan fingerprint density at radius 1 is 1.14 bits per heavy atom. The maximum atomic E-state index is 10.1. The molecule has 1 aromatic carbocycles. The summed E-state index contributed by atoms with van der Waals surface area (Å²) in [6.07, 6.45) is -2.39. The molecule has 0 aliphatic carbocycles. The second kappa shape index (κ2) is 9.07. The van der Waals surface area contributed by atoms with Crippen molar-refractivity contribution in [2.75, 3.05) is 13.2 Å². The van der Waals surface area contributed by atoms with Gasteiger partial charge in [-0.2, -0.15) is 0 Å². The summed E-state index contributed by atoms with van der Waals surface area (Å²) in [5, 5.41) is 19.4. The summed E-state index contributed by atoms with van der Waals surface area (Å²) in [5.74, 6) is 0.664. The zero-order valence-electron chi connectivity index (χ0n) is 17.0. The largest absolute Gasteiger partial charge is 0.494 e. The predicted molar refractivity (Wildman–Crippen MR) is 102 cm³/mol. The van der Waals surface area contributed by atoms with Gasteiger partial charge in [0.25, 0.3) is 0 Å². The number of hydrogen-bond acceptors (Lipinski definition) is 7. The first-order valence-corrected chi connectivity index (χ1v) is 9.92. The molecule has 5 atom stereocenters. The molecule has 2 N–H and O–H groups in total. The predicted octanol–water partition coefficient (Wildman–Crippen LogP) is 2.23. The first-order chi connectivity index (χ1) is 13.3. The van der Waals surface area contributed by atoms with Gasteiger partial charge >= 0.3 is 0 Å². The van der Waals surface area contributed by atoms with Crippen molar-refractivity contribution >= 4 is 0 Å². The molecule has 7 nitrogen and oxygen atoms in total. The van der Waals surface area contributed by atoms with E-state index in [1.165, 1.54) is 0 Å². The monoisotopic (exact) mass is 396 g/mol. The average Bonchev–Trinajstić information content (AvgIpc) is 3.12. The Balaban J connectivity index is 1.58. The van der Waals surface area contributed by atoms with Gasteiger partial charge in [-0.3, -0.25) is 0 Å². The van der Waals surface area contributed by atoms with Gasteiger partial charge in [0.05, 0.1) is 19.8 Å². The number of aliphatic hydroxyl groups is 2. The molecule has 0 unspecified atom stereocenters. The SMILES string of the molecule is CC(C)CCOc1ccc(CO[C@@H]2[C@H]([C@H](O)CO)O[C@@H]3OC(C)(C)O[C@@H]32)cc1. The third kappa shape index (κ3) is 5.23. The van der Waals surface area contributed by atoms with Crippen LogP contribution in [0.1, 0.15) is 39.7 Å². The van der Waals surface area contributed by atoms with Gasteiger partial charge in [0.15, 0.2) is 12.1 Å². The third-order valence-corrected chi connectivity index (χ3v) is 4.92. The molecule has 0 aromatic heterocycles. The molecule has 0 saturated carbocycles. The van der Waals surface area contributed by atoms with E-state index < -0.39 is 43.1 Å². The molecule has 0 amide bonds. The Labute approximate surface area is 166 Å². The first-order valence-electron chi connectivity index (χ1n) is 9.92. The number of benzene rings is 1. The van der Waals surface area contributed by atoms with E-state index in [2.05, 4.69) is 13.8 Å². The normalized spacial score (nSPS) is 29.8. The van der Waals surface area contributed by atoms with Crippen molar-refractivity contribution in [2.45, 2.75) is 77.2 Å². The van der Waals surface area contributed by atoms with Gasteiger partial charge in [-0.1, -0.05) is 26.0 Å². The highest BCUT2D eigenvalue weighted by Crippen LogP contribution is 2.39. The van der Waals surface area contributed by atoms with E-state index in [0.717, 1.165) is 17.7 Å². The number of aliphatic hydroxyl groups excluding tert-OH is 2. The molecular weight excluding hydrogens is 364 g/mol. The Bertz CT molecular complexity index is 616. The molecule has 2 heterocycles. The van der Waals surface area contributed by atoms with Gasteiger partial charge in [0.1, 0.15) is 30.2 Å². The topological polar surface area (TPSA) is 86.6 Å². The molecule has 3 rings (SSSR count). The minimum Gasteiger partial charge on any atom is -0.494 e. The van der Waals surface area contributed by atoms with Crippen LogP contribution < -0.4 is 4.74 Å². The van der Waals surface area contributed by atoms with Crippen LogP contribution in [0.3, 0.4) is 0 Å². The van der Waals surface area contributed by atoms with Gasteiger partial charge < -0.3 is 33.9 Å². The van der Waals surface area contributed by atoms with Crippen molar-refractivity contribution in [3.05, 3.63) is 29.8 Å². The standard InChI is InChI=1S/C21H32O7/c1-13(2)9-10-24-15-7-5-14(6-8-15)12-25-18-17(16(23)11-22)26-20-19(18)27-21(3,4)28-20/h5-8,13,16-20,22-23H,9-12H2,1-4H3/t16-,17+,18-,19-,20-/m1/s1. The van der Waals surface area contributed by atoms with E-state index in [1.807, 2.05) is 24.3 Å². The van der Waals surface area contributed by atoms with E-state index >= 15 is 0 Å². The van der Waals surface area contributed by atoms with Crippen LogP contribution in [0.15, 0.2) is 24.3 Å². The molecule has 7 heteroatoms. The number of hydrogen-bond donors (Lipinski definition) is 2. The van der Waals surface area contributed by atoms with Crippen LogP contribution >= 0.6 is 0 Å². The summed E-state index contributed by atoms with van der Waals surface area (Å²) >= 11 is 0. The second-order valence-corrected chi connectivity index (χ2v) is 8.27. The summed E-state index contributed by atoms with van der Waals surface area (Å²) in [5.41, 5.74) is 0.968. The number of ether oxygens (including phenoxy) is 5. The Morgan fingerprint density at radius 2 is 1.86 bits per heavy atom. The van der Waals surface area contributed by atoms with Crippen molar-refractivity contribution < 1.29 is 33.9 Å². The summed E-state index contributed by atoms with van der Waals surface area (Å²) < 4.78 is 29.1. The van der Waals surface area contributed by atoms with Gasteiger partial charge in [0, 0.05) is 0 Å². The average molecular weight is 396 g/mol. The van der Waals surface area contributed by atoms with Crippen LogP contribution in [-0.4, -0.2) is 59.9 Å².